The normalized spacial score (nSPS) is 32.5. The van der Waals surface area contributed by atoms with E-state index in [0.717, 1.165) is 6.54 Å². The predicted octanol–water partition coefficient (Wildman–Crippen LogP) is 2.44. The first-order chi connectivity index (χ1) is 6.17. The maximum absolute atomic E-state index is 4.58. The maximum Gasteiger partial charge on any atom is 0.0469 e. The highest BCUT2D eigenvalue weighted by Crippen LogP contribution is 2.28. The molecule has 1 fully saturated rings. The zero-order valence-corrected chi connectivity index (χ0v) is 8.77. The summed E-state index contributed by atoms with van der Waals surface area (Å²) in [5.41, 5.74) is 2.69. The Hall–Kier alpha value is -0.630. The van der Waals surface area contributed by atoms with Crippen molar-refractivity contribution >= 4 is 12.6 Å². The molecule has 70 valence electrons. The van der Waals surface area contributed by atoms with Crippen molar-refractivity contribution in [3.05, 3.63) is 35.6 Å². The van der Waals surface area contributed by atoms with Crippen LogP contribution in [0.25, 0.3) is 0 Å². The Labute approximate surface area is 85.0 Å². The molecule has 0 aromatic carbocycles. The van der Waals surface area contributed by atoms with Crippen molar-refractivity contribution in [1.29, 1.82) is 0 Å². The Morgan fingerprint density at radius 1 is 1.54 bits per heavy atom. The molecule has 13 heavy (non-hydrogen) atoms. The van der Waals surface area contributed by atoms with Gasteiger partial charge in [-0.05, 0) is 31.4 Å². The molecule has 0 spiro atoms. The summed E-state index contributed by atoms with van der Waals surface area (Å²) in [6, 6.07) is 0. The van der Waals surface area contributed by atoms with Gasteiger partial charge in [-0.25, -0.2) is 0 Å². The molecule has 0 saturated carbocycles. The van der Waals surface area contributed by atoms with E-state index in [0.29, 0.717) is 0 Å². The standard InChI is InChI=1S/C11H15NS/c1-11(13)6-2-5-10-9(8-11)4-3-7-12-10/h2,5-6,8,12-13H,3-4,7H2,1H3. The van der Waals surface area contributed by atoms with Crippen LogP contribution in [0.3, 0.4) is 0 Å². The molecule has 1 atom stereocenters. The van der Waals surface area contributed by atoms with Crippen LogP contribution in [0.5, 0.6) is 0 Å². The van der Waals surface area contributed by atoms with E-state index >= 15 is 0 Å². The fourth-order valence-electron chi connectivity index (χ4n) is 1.81. The molecule has 1 N–H and O–H groups in total. The fourth-order valence-corrected chi connectivity index (χ4v) is 2.05. The molecule has 1 aliphatic carbocycles. The van der Waals surface area contributed by atoms with E-state index in [9.17, 15) is 0 Å². The van der Waals surface area contributed by atoms with Gasteiger partial charge in [-0.3, -0.25) is 0 Å². The molecule has 1 unspecified atom stereocenters. The smallest absolute Gasteiger partial charge is 0.0469 e. The summed E-state index contributed by atoms with van der Waals surface area (Å²) in [7, 11) is 0. The van der Waals surface area contributed by atoms with Gasteiger partial charge in [0.05, 0.1) is 0 Å². The molecule has 0 bridgehead atoms. The molecule has 1 nitrogen and oxygen atoms in total. The molecule has 2 heteroatoms. The highest BCUT2D eigenvalue weighted by atomic mass is 32.1. The van der Waals surface area contributed by atoms with Crippen LogP contribution in [0, 0.1) is 0 Å². The average Bonchev–Trinajstić information content (AvgIpc) is 2.21. The van der Waals surface area contributed by atoms with Gasteiger partial charge in [-0.15, -0.1) is 0 Å². The first kappa shape index (κ1) is 8.95. The molecule has 0 aromatic rings. The van der Waals surface area contributed by atoms with Crippen molar-refractivity contribution in [2.45, 2.75) is 24.5 Å². The minimum absolute atomic E-state index is 0.0907. The van der Waals surface area contributed by atoms with E-state index < -0.39 is 0 Å². The van der Waals surface area contributed by atoms with E-state index in [1.165, 1.54) is 24.1 Å². The third kappa shape index (κ3) is 1.99. The quantitative estimate of drug-likeness (QED) is 0.563. The van der Waals surface area contributed by atoms with Crippen LogP contribution in [0.1, 0.15) is 19.8 Å². The second kappa shape index (κ2) is 3.26. The minimum atomic E-state index is -0.0907. The molecule has 0 amide bonds. The number of piperidine rings is 1. The van der Waals surface area contributed by atoms with Gasteiger partial charge in [0, 0.05) is 17.0 Å². The predicted molar refractivity (Wildman–Crippen MR) is 59.9 cm³/mol. The number of thiol groups is 1. The zero-order chi connectivity index (χ0) is 9.31. The molecule has 2 aliphatic rings. The minimum Gasteiger partial charge on any atom is -0.385 e. The van der Waals surface area contributed by atoms with Crippen LogP contribution in [0.4, 0.5) is 0 Å². The first-order valence-corrected chi connectivity index (χ1v) is 5.20. The Bertz CT molecular complexity index is 297. The lowest BCUT2D eigenvalue weighted by molar-refractivity contribution is 0.666. The molecular formula is C11H15NS. The molecule has 0 aromatic heterocycles. The summed E-state index contributed by atoms with van der Waals surface area (Å²) in [5.74, 6) is 0. The van der Waals surface area contributed by atoms with Crippen LogP contribution in [0.2, 0.25) is 0 Å². The Morgan fingerprint density at radius 3 is 3.23 bits per heavy atom. The second-order valence-corrected chi connectivity index (χ2v) is 4.83. The van der Waals surface area contributed by atoms with Crippen molar-refractivity contribution < 1.29 is 0 Å². The van der Waals surface area contributed by atoms with Crippen molar-refractivity contribution in [2.24, 2.45) is 0 Å². The third-order valence-electron chi connectivity index (χ3n) is 2.45. The lowest BCUT2D eigenvalue weighted by Gasteiger charge is -2.22. The highest BCUT2D eigenvalue weighted by Gasteiger charge is 2.18. The van der Waals surface area contributed by atoms with Gasteiger partial charge in [-0.2, -0.15) is 12.6 Å². The molecule has 1 aliphatic heterocycles. The van der Waals surface area contributed by atoms with Crippen molar-refractivity contribution in [2.75, 3.05) is 6.54 Å². The van der Waals surface area contributed by atoms with Gasteiger partial charge in [0.1, 0.15) is 0 Å². The van der Waals surface area contributed by atoms with Gasteiger partial charge in [0.15, 0.2) is 0 Å². The summed E-state index contributed by atoms with van der Waals surface area (Å²) in [6.07, 6.45) is 11.0. The van der Waals surface area contributed by atoms with Crippen LogP contribution in [-0.4, -0.2) is 11.3 Å². The summed E-state index contributed by atoms with van der Waals surface area (Å²) in [5, 5.41) is 3.41. The van der Waals surface area contributed by atoms with Crippen LogP contribution >= 0.6 is 12.6 Å². The highest BCUT2D eigenvalue weighted by molar-refractivity contribution is 7.82. The lowest BCUT2D eigenvalue weighted by atomic mass is 9.99. The number of allylic oxidation sites excluding steroid dienone is 3. The zero-order valence-electron chi connectivity index (χ0n) is 7.88. The van der Waals surface area contributed by atoms with Crippen molar-refractivity contribution in [3.63, 3.8) is 0 Å². The van der Waals surface area contributed by atoms with Gasteiger partial charge in [0.2, 0.25) is 0 Å². The largest absolute Gasteiger partial charge is 0.385 e. The van der Waals surface area contributed by atoms with Crippen molar-refractivity contribution in [3.8, 4) is 0 Å². The van der Waals surface area contributed by atoms with Gasteiger partial charge < -0.3 is 5.32 Å². The summed E-state index contributed by atoms with van der Waals surface area (Å²) in [6.45, 7) is 3.21. The van der Waals surface area contributed by atoms with E-state index in [4.69, 9.17) is 0 Å². The second-order valence-electron chi connectivity index (χ2n) is 3.87. The summed E-state index contributed by atoms with van der Waals surface area (Å²) < 4.78 is -0.0907. The van der Waals surface area contributed by atoms with Gasteiger partial charge in [0.25, 0.3) is 0 Å². The number of fused-ring (bicyclic) bond motifs is 1. The number of rotatable bonds is 0. The van der Waals surface area contributed by atoms with Crippen LogP contribution in [-0.2, 0) is 0 Å². The Kier molecular flexibility index (Phi) is 2.24. The molecule has 1 heterocycles. The average molecular weight is 193 g/mol. The van der Waals surface area contributed by atoms with Crippen LogP contribution < -0.4 is 5.32 Å². The van der Waals surface area contributed by atoms with E-state index in [1.807, 2.05) is 0 Å². The Morgan fingerprint density at radius 2 is 2.38 bits per heavy atom. The molecule has 0 radical (unpaired) electrons. The number of hydrogen-bond donors (Lipinski definition) is 2. The van der Waals surface area contributed by atoms with Crippen LogP contribution in [0.15, 0.2) is 35.6 Å². The Balaban J connectivity index is 2.34. The monoisotopic (exact) mass is 193 g/mol. The summed E-state index contributed by atoms with van der Waals surface area (Å²) >= 11 is 4.58. The lowest BCUT2D eigenvalue weighted by Crippen LogP contribution is -2.22. The first-order valence-electron chi connectivity index (χ1n) is 4.75. The molecule has 2 rings (SSSR count). The van der Waals surface area contributed by atoms with E-state index in [-0.39, 0.29) is 4.75 Å². The SMILES string of the molecule is CC1(S)C=CC=C2NCCCC2=C1. The van der Waals surface area contributed by atoms with E-state index in [1.54, 1.807) is 0 Å². The maximum atomic E-state index is 4.58. The number of hydrogen-bond acceptors (Lipinski definition) is 2. The topological polar surface area (TPSA) is 12.0 Å². The van der Waals surface area contributed by atoms with Gasteiger partial charge >= 0.3 is 0 Å². The summed E-state index contributed by atoms with van der Waals surface area (Å²) in [4.78, 5) is 0. The van der Waals surface area contributed by atoms with Crippen molar-refractivity contribution in [1.82, 2.24) is 5.32 Å². The number of nitrogens with one attached hydrogen (secondary N) is 1. The van der Waals surface area contributed by atoms with E-state index in [2.05, 4.69) is 49.2 Å². The third-order valence-corrected chi connectivity index (χ3v) is 2.73. The van der Waals surface area contributed by atoms with Gasteiger partial charge in [-0.1, -0.05) is 18.2 Å². The molecule has 1 saturated heterocycles. The fraction of sp³-hybridized carbons (Fsp3) is 0.455. The molecular weight excluding hydrogens is 178 g/mol.